The van der Waals surface area contributed by atoms with Gasteiger partial charge in [0, 0.05) is 25.1 Å². The number of aromatic carboxylic acids is 1. The minimum Gasteiger partial charge on any atom is -0.478 e. The number of nitrogens with zero attached hydrogens (tertiary/aromatic N) is 2. The van der Waals surface area contributed by atoms with Crippen LogP contribution in [0.2, 0.25) is 0 Å². The van der Waals surface area contributed by atoms with Crippen molar-refractivity contribution in [3.8, 4) is 0 Å². The molecule has 0 fully saturated rings. The van der Waals surface area contributed by atoms with E-state index in [-0.39, 0.29) is 5.56 Å². The first-order chi connectivity index (χ1) is 8.66. The Balaban J connectivity index is 2.09. The van der Waals surface area contributed by atoms with Crippen molar-refractivity contribution in [2.24, 2.45) is 0 Å². The maximum absolute atomic E-state index is 10.8. The molecule has 2 aromatic heterocycles. The molecule has 2 heterocycles. The second kappa shape index (κ2) is 5.27. The van der Waals surface area contributed by atoms with Gasteiger partial charge in [0.05, 0.1) is 5.56 Å². The van der Waals surface area contributed by atoms with E-state index in [2.05, 4.69) is 15.3 Å². The summed E-state index contributed by atoms with van der Waals surface area (Å²) in [4.78, 5) is 18.9. The molecular weight excluding hydrogens is 230 g/mol. The summed E-state index contributed by atoms with van der Waals surface area (Å²) in [5.74, 6) is -0.420. The molecule has 0 aliphatic rings. The summed E-state index contributed by atoms with van der Waals surface area (Å²) in [6.45, 7) is 2.57. The lowest BCUT2D eigenvalue weighted by atomic mass is 10.1. The van der Waals surface area contributed by atoms with Crippen molar-refractivity contribution in [1.29, 1.82) is 0 Å². The molecule has 0 aromatic carbocycles. The van der Waals surface area contributed by atoms with E-state index in [1.165, 1.54) is 18.3 Å². The molecule has 0 radical (unpaired) electrons. The Morgan fingerprint density at radius 3 is 2.94 bits per heavy atom. The normalized spacial score (nSPS) is 10.1. The third-order valence-electron chi connectivity index (χ3n) is 2.61. The van der Waals surface area contributed by atoms with Crippen molar-refractivity contribution < 1.29 is 9.90 Å². The van der Waals surface area contributed by atoms with Crippen molar-refractivity contribution in [2.75, 3.05) is 5.32 Å². The molecule has 0 spiro atoms. The fourth-order valence-corrected chi connectivity index (χ4v) is 1.53. The highest BCUT2D eigenvalue weighted by molar-refractivity contribution is 5.88. The number of aromatic nitrogens is 2. The first-order valence-corrected chi connectivity index (χ1v) is 5.49. The van der Waals surface area contributed by atoms with Gasteiger partial charge in [-0.15, -0.1) is 0 Å². The second-order valence-corrected chi connectivity index (χ2v) is 3.89. The van der Waals surface area contributed by atoms with Crippen LogP contribution in [-0.2, 0) is 6.54 Å². The zero-order chi connectivity index (χ0) is 13.0. The minimum atomic E-state index is -0.960. The molecule has 0 saturated heterocycles. The van der Waals surface area contributed by atoms with E-state index in [1.807, 2.05) is 13.0 Å². The molecule has 5 nitrogen and oxygen atoms in total. The minimum absolute atomic E-state index is 0.218. The molecule has 5 heteroatoms. The van der Waals surface area contributed by atoms with Gasteiger partial charge in [0.2, 0.25) is 0 Å². The molecular formula is C13H13N3O2. The molecule has 0 unspecified atom stereocenters. The van der Waals surface area contributed by atoms with Crippen molar-refractivity contribution in [1.82, 2.24) is 9.97 Å². The van der Waals surface area contributed by atoms with Gasteiger partial charge in [0.15, 0.2) is 0 Å². The molecule has 0 bridgehead atoms. The summed E-state index contributed by atoms with van der Waals surface area (Å²) in [6.07, 6.45) is 4.99. The van der Waals surface area contributed by atoms with Crippen molar-refractivity contribution >= 4 is 11.8 Å². The molecule has 18 heavy (non-hydrogen) atoms. The maximum Gasteiger partial charge on any atom is 0.335 e. The number of anilines is 1. The first kappa shape index (κ1) is 12.0. The molecule has 0 saturated carbocycles. The van der Waals surface area contributed by atoms with Crippen molar-refractivity contribution in [3.05, 3.63) is 53.5 Å². The quantitative estimate of drug-likeness (QED) is 0.860. The van der Waals surface area contributed by atoms with E-state index in [0.717, 1.165) is 11.1 Å². The highest BCUT2D eigenvalue weighted by Gasteiger charge is 2.04. The van der Waals surface area contributed by atoms with E-state index >= 15 is 0 Å². The Hall–Kier alpha value is -2.43. The Morgan fingerprint density at radius 2 is 2.22 bits per heavy atom. The molecule has 0 aliphatic heterocycles. The van der Waals surface area contributed by atoms with Crippen LogP contribution in [0.3, 0.4) is 0 Å². The van der Waals surface area contributed by atoms with Crippen molar-refractivity contribution in [2.45, 2.75) is 13.5 Å². The van der Waals surface area contributed by atoms with E-state index in [4.69, 9.17) is 5.11 Å². The van der Waals surface area contributed by atoms with E-state index < -0.39 is 5.97 Å². The largest absolute Gasteiger partial charge is 0.478 e. The predicted molar refractivity (Wildman–Crippen MR) is 67.5 cm³/mol. The summed E-state index contributed by atoms with van der Waals surface area (Å²) < 4.78 is 0. The smallest absolute Gasteiger partial charge is 0.335 e. The summed E-state index contributed by atoms with van der Waals surface area (Å²) in [6, 6.07) is 4.90. The van der Waals surface area contributed by atoms with Gasteiger partial charge >= 0.3 is 5.97 Å². The number of carboxylic acid groups (broad SMARTS) is 1. The number of nitrogens with one attached hydrogen (secondary N) is 1. The number of pyridine rings is 2. The van der Waals surface area contributed by atoms with Gasteiger partial charge in [-0.3, -0.25) is 4.98 Å². The third kappa shape index (κ3) is 2.82. The van der Waals surface area contributed by atoms with Crippen LogP contribution in [0.15, 0.2) is 36.8 Å². The highest BCUT2D eigenvalue weighted by atomic mass is 16.4. The van der Waals surface area contributed by atoms with Gasteiger partial charge in [-0.2, -0.15) is 0 Å². The van der Waals surface area contributed by atoms with Crippen LogP contribution in [0.1, 0.15) is 21.5 Å². The van der Waals surface area contributed by atoms with E-state index in [0.29, 0.717) is 12.4 Å². The highest BCUT2D eigenvalue weighted by Crippen LogP contribution is 2.10. The topological polar surface area (TPSA) is 75.1 Å². The summed E-state index contributed by atoms with van der Waals surface area (Å²) in [7, 11) is 0. The second-order valence-electron chi connectivity index (χ2n) is 3.89. The van der Waals surface area contributed by atoms with Gasteiger partial charge in [0.25, 0.3) is 0 Å². The first-order valence-electron chi connectivity index (χ1n) is 5.49. The zero-order valence-corrected chi connectivity index (χ0v) is 9.92. The lowest BCUT2D eigenvalue weighted by molar-refractivity contribution is 0.0697. The predicted octanol–water partition coefficient (Wildman–Crippen LogP) is 2.10. The van der Waals surface area contributed by atoms with Crippen LogP contribution < -0.4 is 5.32 Å². The van der Waals surface area contributed by atoms with Gasteiger partial charge in [-0.05, 0) is 36.2 Å². The van der Waals surface area contributed by atoms with Crippen LogP contribution in [0.25, 0.3) is 0 Å². The van der Waals surface area contributed by atoms with Gasteiger partial charge in [-0.25, -0.2) is 9.78 Å². The molecule has 2 N–H and O–H groups in total. The Labute approximate surface area is 105 Å². The van der Waals surface area contributed by atoms with Crippen molar-refractivity contribution in [3.63, 3.8) is 0 Å². The third-order valence-corrected chi connectivity index (χ3v) is 2.61. The van der Waals surface area contributed by atoms with Crippen LogP contribution in [0, 0.1) is 6.92 Å². The van der Waals surface area contributed by atoms with Gasteiger partial charge < -0.3 is 10.4 Å². The van der Waals surface area contributed by atoms with E-state index in [1.54, 1.807) is 12.4 Å². The van der Waals surface area contributed by atoms with Crippen LogP contribution in [0.5, 0.6) is 0 Å². The Morgan fingerprint density at radius 1 is 1.39 bits per heavy atom. The van der Waals surface area contributed by atoms with Gasteiger partial charge in [0.1, 0.15) is 5.82 Å². The molecule has 2 rings (SSSR count). The molecule has 0 amide bonds. The zero-order valence-electron chi connectivity index (χ0n) is 9.92. The van der Waals surface area contributed by atoms with Crippen LogP contribution in [-0.4, -0.2) is 21.0 Å². The van der Waals surface area contributed by atoms with Crippen LogP contribution >= 0.6 is 0 Å². The molecule has 92 valence electrons. The molecule has 0 aliphatic carbocycles. The fraction of sp³-hybridized carbons (Fsp3) is 0.154. The maximum atomic E-state index is 10.8. The fourth-order valence-electron chi connectivity index (χ4n) is 1.53. The Bertz CT molecular complexity index is 570. The number of hydrogen-bond donors (Lipinski definition) is 2. The Kier molecular flexibility index (Phi) is 3.52. The number of carboxylic acids is 1. The summed E-state index contributed by atoms with van der Waals surface area (Å²) in [5, 5.41) is 12.0. The monoisotopic (exact) mass is 243 g/mol. The molecule has 2 aromatic rings. The summed E-state index contributed by atoms with van der Waals surface area (Å²) >= 11 is 0. The standard InChI is InChI=1S/C13H13N3O2/c1-9-2-4-14-7-11(9)8-16-12-6-10(13(17)18)3-5-15-12/h2-7H,8H2,1H3,(H,15,16)(H,17,18). The molecule has 0 atom stereocenters. The van der Waals surface area contributed by atoms with Gasteiger partial charge in [-0.1, -0.05) is 0 Å². The SMILES string of the molecule is Cc1ccncc1CNc1cc(C(=O)O)ccn1. The number of rotatable bonds is 4. The number of hydrogen-bond acceptors (Lipinski definition) is 4. The summed E-state index contributed by atoms with van der Waals surface area (Å²) in [5.41, 5.74) is 2.40. The lowest BCUT2D eigenvalue weighted by Gasteiger charge is -2.08. The average Bonchev–Trinajstić information content (AvgIpc) is 2.38. The average molecular weight is 243 g/mol. The number of aryl methyl sites for hydroxylation is 1. The van der Waals surface area contributed by atoms with Crippen LogP contribution in [0.4, 0.5) is 5.82 Å². The number of carbonyl (C=O) groups is 1. The lowest BCUT2D eigenvalue weighted by Crippen LogP contribution is -2.05. The van der Waals surface area contributed by atoms with E-state index in [9.17, 15) is 4.79 Å².